The fourth-order valence-electron chi connectivity index (χ4n) is 2.54. The second-order valence-corrected chi connectivity index (χ2v) is 6.03. The maximum atomic E-state index is 12.3. The molecule has 2 N–H and O–H groups in total. The Labute approximate surface area is 109 Å². The van der Waals surface area contributed by atoms with E-state index in [-0.39, 0.29) is 11.4 Å². The molecule has 3 heteroatoms. The van der Waals surface area contributed by atoms with Crippen LogP contribution in [-0.2, 0) is 15.7 Å². The minimum Gasteiger partial charge on any atom is -0.348 e. The highest BCUT2D eigenvalue weighted by atomic mass is 16.2. The zero-order chi connectivity index (χ0) is 13.6. The molecule has 1 amide bonds. The molecule has 0 aromatic heterocycles. The molecule has 98 valence electrons. The molecule has 1 fully saturated rings. The Hall–Kier alpha value is -1.35. The lowest BCUT2D eigenvalue weighted by Crippen LogP contribution is -2.41. The van der Waals surface area contributed by atoms with E-state index in [1.807, 2.05) is 32.0 Å². The van der Waals surface area contributed by atoms with Crippen LogP contribution in [0.25, 0.3) is 0 Å². The van der Waals surface area contributed by atoms with Gasteiger partial charge in [-0.15, -0.1) is 0 Å². The molecule has 1 aliphatic rings. The summed E-state index contributed by atoms with van der Waals surface area (Å²) in [6.45, 7) is 3.94. The van der Waals surface area contributed by atoms with Crippen LogP contribution in [0.4, 0.5) is 0 Å². The van der Waals surface area contributed by atoms with E-state index >= 15 is 0 Å². The first kappa shape index (κ1) is 13.1. The van der Waals surface area contributed by atoms with E-state index in [9.17, 15) is 4.79 Å². The van der Waals surface area contributed by atoms with Gasteiger partial charge in [-0.2, -0.15) is 0 Å². The predicted octanol–water partition coefficient (Wildman–Crippen LogP) is 2.00. The summed E-state index contributed by atoms with van der Waals surface area (Å²) >= 11 is 0. The van der Waals surface area contributed by atoms with E-state index in [1.54, 1.807) is 19.0 Å². The Morgan fingerprint density at radius 1 is 1.28 bits per heavy atom. The van der Waals surface area contributed by atoms with Gasteiger partial charge < -0.3 is 10.6 Å². The molecule has 0 bridgehead atoms. The van der Waals surface area contributed by atoms with Gasteiger partial charge in [0.2, 0.25) is 5.91 Å². The zero-order valence-electron chi connectivity index (χ0n) is 11.7. The molecular formula is C15H22N2O. The SMILES string of the molecule is CN(C)C(=O)C(C)(C)c1ccccc1C1(N)CC1. The van der Waals surface area contributed by atoms with Crippen LogP contribution < -0.4 is 5.73 Å². The average Bonchev–Trinajstić information content (AvgIpc) is 3.07. The smallest absolute Gasteiger partial charge is 0.232 e. The molecule has 1 aliphatic carbocycles. The quantitative estimate of drug-likeness (QED) is 0.886. The highest BCUT2D eigenvalue weighted by Crippen LogP contribution is 2.46. The van der Waals surface area contributed by atoms with Crippen LogP contribution in [0.5, 0.6) is 0 Å². The fourth-order valence-corrected chi connectivity index (χ4v) is 2.54. The highest BCUT2D eigenvalue weighted by molar-refractivity contribution is 5.87. The van der Waals surface area contributed by atoms with Gasteiger partial charge in [0, 0.05) is 19.6 Å². The standard InChI is InChI=1S/C15H22N2O/c1-14(2,13(18)17(3)4)11-7-5-6-8-12(11)15(16)9-10-15/h5-8H,9-10,16H2,1-4H3. The predicted molar refractivity (Wildman–Crippen MR) is 73.3 cm³/mol. The molecule has 0 spiro atoms. The largest absolute Gasteiger partial charge is 0.348 e. The number of carbonyl (C=O) groups excluding carboxylic acids is 1. The Morgan fingerprint density at radius 3 is 2.33 bits per heavy atom. The van der Waals surface area contributed by atoms with E-state index in [1.165, 1.54) is 0 Å². The normalized spacial score (nSPS) is 17.4. The van der Waals surface area contributed by atoms with Crippen molar-refractivity contribution in [2.24, 2.45) is 5.73 Å². The van der Waals surface area contributed by atoms with Crippen LogP contribution >= 0.6 is 0 Å². The first-order valence-electron chi connectivity index (χ1n) is 6.40. The number of amides is 1. The average molecular weight is 246 g/mol. The van der Waals surface area contributed by atoms with Crippen molar-refractivity contribution in [1.82, 2.24) is 4.90 Å². The zero-order valence-corrected chi connectivity index (χ0v) is 11.7. The molecule has 0 atom stereocenters. The number of hydrogen-bond donors (Lipinski definition) is 1. The summed E-state index contributed by atoms with van der Waals surface area (Å²) in [5, 5.41) is 0. The summed E-state index contributed by atoms with van der Waals surface area (Å²) in [5.74, 6) is 0.110. The molecule has 3 nitrogen and oxygen atoms in total. The lowest BCUT2D eigenvalue weighted by Gasteiger charge is -2.31. The van der Waals surface area contributed by atoms with Gasteiger partial charge in [0.05, 0.1) is 5.41 Å². The topological polar surface area (TPSA) is 46.3 Å². The molecule has 1 saturated carbocycles. The van der Waals surface area contributed by atoms with Gasteiger partial charge >= 0.3 is 0 Å². The fraction of sp³-hybridized carbons (Fsp3) is 0.533. The van der Waals surface area contributed by atoms with E-state index in [0.717, 1.165) is 24.0 Å². The lowest BCUT2D eigenvalue weighted by atomic mass is 9.78. The Balaban J connectivity index is 2.48. The highest BCUT2D eigenvalue weighted by Gasteiger charge is 2.44. The third-order valence-corrected chi connectivity index (χ3v) is 3.87. The second kappa shape index (κ2) is 4.09. The Kier molecular flexibility index (Phi) is 2.98. The molecule has 0 unspecified atom stereocenters. The van der Waals surface area contributed by atoms with Crippen LogP contribution in [-0.4, -0.2) is 24.9 Å². The van der Waals surface area contributed by atoms with E-state index < -0.39 is 5.41 Å². The van der Waals surface area contributed by atoms with Gasteiger partial charge in [-0.05, 0) is 37.8 Å². The van der Waals surface area contributed by atoms with Crippen LogP contribution in [0.15, 0.2) is 24.3 Å². The van der Waals surface area contributed by atoms with E-state index in [4.69, 9.17) is 5.73 Å². The third kappa shape index (κ3) is 2.03. The van der Waals surface area contributed by atoms with Crippen molar-refractivity contribution in [1.29, 1.82) is 0 Å². The van der Waals surface area contributed by atoms with Crippen LogP contribution in [0.1, 0.15) is 37.8 Å². The summed E-state index contributed by atoms with van der Waals surface area (Å²) in [5.41, 5.74) is 7.76. The summed E-state index contributed by atoms with van der Waals surface area (Å²) < 4.78 is 0. The van der Waals surface area contributed by atoms with Gasteiger partial charge in [-0.3, -0.25) is 4.79 Å². The van der Waals surface area contributed by atoms with Crippen molar-refractivity contribution in [3.8, 4) is 0 Å². The maximum Gasteiger partial charge on any atom is 0.232 e. The van der Waals surface area contributed by atoms with Crippen LogP contribution in [0.2, 0.25) is 0 Å². The summed E-state index contributed by atoms with van der Waals surface area (Å²) in [6.07, 6.45) is 2.02. The van der Waals surface area contributed by atoms with Crippen molar-refractivity contribution >= 4 is 5.91 Å². The number of hydrogen-bond acceptors (Lipinski definition) is 2. The minimum atomic E-state index is -0.533. The Morgan fingerprint density at radius 2 is 1.83 bits per heavy atom. The number of likely N-dealkylation sites (N-methyl/N-ethyl adjacent to an activating group) is 1. The van der Waals surface area contributed by atoms with Crippen LogP contribution in [0, 0.1) is 0 Å². The van der Waals surface area contributed by atoms with Crippen LogP contribution in [0.3, 0.4) is 0 Å². The van der Waals surface area contributed by atoms with Crippen molar-refractivity contribution < 1.29 is 4.79 Å². The number of rotatable bonds is 3. The second-order valence-electron chi connectivity index (χ2n) is 6.03. The minimum absolute atomic E-state index is 0.110. The first-order valence-corrected chi connectivity index (χ1v) is 6.40. The maximum absolute atomic E-state index is 12.3. The van der Waals surface area contributed by atoms with Crippen molar-refractivity contribution in [3.05, 3.63) is 35.4 Å². The van der Waals surface area contributed by atoms with Crippen molar-refractivity contribution in [2.45, 2.75) is 37.6 Å². The molecule has 2 rings (SSSR count). The number of nitrogens with two attached hydrogens (primary N) is 1. The lowest BCUT2D eigenvalue weighted by molar-refractivity contribution is -0.133. The number of benzene rings is 1. The first-order chi connectivity index (χ1) is 8.29. The summed E-state index contributed by atoms with van der Waals surface area (Å²) in [7, 11) is 3.59. The summed E-state index contributed by atoms with van der Waals surface area (Å²) in [6, 6.07) is 8.08. The molecule has 18 heavy (non-hydrogen) atoms. The molecule has 1 aromatic rings. The molecule has 0 heterocycles. The van der Waals surface area contributed by atoms with Gasteiger partial charge in [-0.25, -0.2) is 0 Å². The van der Waals surface area contributed by atoms with Crippen molar-refractivity contribution in [3.63, 3.8) is 0 Å². The van der Waals surface area contributed by atoms with Gasteiger partial charge in [0.1, 0.15) is 0 Å². The molecule has 0 radical (unpaired) electrons. The summed E-state index contributed by atoms with van der Waals surface area (Å²) in [4.78, 5) is 14.0. The molecule has 0 saturated heterocycles. The van der Waals surface area contributed by atoms with E-state index in [2.05, 4.69) is 6.07 Å². The van der Waals surface area contributed by atoms with Gasteiger partial charge in [0.25, 0.3) is 0 Å². The molecular weight excluding hydrogens is 224 g/mol. The third-order valence-electron chi connectivity index (χ3n) is 3.87. The number of nitrogens with zero attached hydrogens (tertiary/aromatic N) is 1. The van der Waals surface area contributed by atoms with Gasteiger partial charge in [-0.1, -0.05) is 24.3 Å². The number of carbonyl (C=O) groups is 1. The van der Waals surface area contributed by atoms with E-state index in [0.29, 0.717) is 0 Å². The molecule has 0 aliphatic heterocycles. The Bertz CT molecular complexity index is 473. The molecule has 1 aromatic carbocycles. The monoisotopic (exact) mass is 246 g/mol. The van der Waals surface area contributed by atoms with Gasteiger partial charge in [0.15, 0.2) is 0 Å². The van der Waals surface area contributed by atoms with Crippen molar-refractivity contribution in [2.75, 3.05) is 14.1 Å².